The fourth-order valence-corrected chi connectivity index (χ4v) is 3.12. The average Bonchev–Trinajstić information content (AvgIpc) is 2.83. The first kappa shape index (κ1) is 15.5. The first-order valence-electron chi connectivity index (χ1n) is 6.28. The molecule has 1 amide bonds. The molecule has 2 aromatic rings. The van der Waals surface area contributed by atoms with Gasteiger partial charge < -0.3 is 10.6 Å². The first-order valence-corrected chi connectivity index (χ1v) is 8.08. The normalized spacial score (nSPS) is 10.2. The molecule has 0 aliphatic heterocycles. The van der Waals surface area contributed by atoms with Crippen LogP contribution in [0.2, 0.25) is 0 Å². The summed E-state index contributed by atoms with van der Waals surface area (Å²) in [5.41, 5.74) is 2.70. The molecule has 0 atom stereocenters. The molecule has 21 heavy (non-hydrogen) atoms. The van der Waals surface area contributed by atoms with Crippen molar-refractivity contribution < 1.29 is 4.79 Å². The standard InChI is InChI=1S/C14H16N4OS2/c1-9(2)8-20-14-18-17-13(21-14)16-12-6-4-5-11(7-12)15-10(3)19/h4-7H,1,8H2,2-3H3,(H,15,19)(H,16,17). The van der Waals surface area contributed by atoms with Crippen LogP contribution in [0, 0.1) is 0 Å². The second-order valence-corrected chi connectivity index (χ2v) is 6.71. The summed E-state index contributed by atoms with van der Waals surface area (Å²) >= 11 is 3.11. The Morgan fingerprint density at radius 1 is 1.33 bits per heavy atom. The number of nitrogens with one attached hydrogen (secondary N) is 2. The molecule has 0 aliphatic carbocycles. The molecular formula is C14H16N4OS2. The maximum atomic E-state index is 11.1. The van der Waals surface area contributed by atoms with Gasteiger partial charge in [-0.1, -0.05) is 41.3 Å². The number of hydrogen-bond acceptors (Lipinski definition) is 6. The summed E-state index contributed by atoms with van der Waals surface area (Å²) in [4.78, 5) is 11.1. The molecule has 110 valence electrons. The molecule has 1 aromatic heterocycles. The van der Waals surface area contributed by atoms with Crippen LogP contribution < -0.4 is 10.6 Å². The number of thioether (sulfide) groups is 1. The van der Waals surface area contributed by atoms with Gasteiger partial charge in [0.05, 0.1) is 0 Å². The highest BCUT2D eigenvalue weighted by Gasteiger charge is 2.06. The molecule has 0 spiro atoms. The number of rotatable bonds is 6. The van der Waals surface area contributed by atoms with E-state index in [1.54, 1.807) is 11.8 Å². The van der Waals surface area contributed by atoms with Crippen LogP contribution in [0.4, 0.5) is 16.5 Å². The van der Waals surface area contributed by atoms with E-state index in [4.69, 9.17) is 0 Å². The molecule has 1 heterocycles. The zero-order chi connectivity index (χ0) is 15.2. The van der Waals surface area contributed by atoms with Crippen molar-refractivity contribution in [2.24, 2.45) is 0 Å². The van der Waals surface area contributed by atoms with E-state index >= 15 is 0 Å². The van der Waals surface area contributed by atoms with Gasteiger partial charge in [-0.2, -0.15) is 0 Å². The van der Waals surface area contributed by atoms with Gasteiger partial charge in [-0.3, -0.25) is 4.79 Å². The summed E-state index contributed by atoms with van der Waals surface area (Å²) in [7, 11) is 0. The highest BCUT2D eigenvalue weighted by molar-refractivity contribution is 8.01. The van der Waals surface area contributed by atoms with Gasteiger partial charge in [0.25, 0.3) is 0 Å². The van der Waals surface area contributed by atoms with Crippen LogP contribution in [0.25, 0.3) is 0 Å². The Hall–Kier alpha value is -1.86. The monoisotopic (exact) mass is 320 g/mol. The molecule has 0 radical (unpaired) electrons. The quantitative estimate of drug-likeness (QED) is 0.624. The van der Waals surface area contributed by atoms with Crippen LogP contribution in [-0.2, 0) is 4.79 Å². The molecule has 0 aliphatic rings. The second-order valence-electron chi connectivity index (χ2n) is 4.51. The summed E-state index contributed by atoms with van der Waals surface area (Å²) < 4.78 is 0.901. The van der Waals surface area contributed by atoms with Gasteiger partial charge in [-0.15, -0.1) is 10.2 Å². The van der Waals surface area contributed by atoms with Crippen molar-refractivity contribution in [2.45, 2.75) is 18.2 Å². The van der Waals surface area contributed by atoms with E-state index < -0.39 is 0 Å². The molecule has 7 heteroatoms. The Kier molecular flexibility index (Phi) is 5.35. The van der Waals surface area contributed by atoms with Crippen LogP contribution in [-0.4, -0.2) is 21.9 Å². The number of aromatic nitrogens is 2. The second kappa shape index (κ2) is 7.24. The minimum atomic E-state index is -0.0958. The number of carbonyl (C=O) groups is 1. The SMILES string of the molecule is C=C(C)CSc1nnc(Nc2cccc(NC(C)=O)c2)s1. The van der Waals surface area contributed by atoms with Gasteiger partial charge >= 0.3 is 0 Å². The summed E-state index contributed by atoms with van der Waals surface area (Å²) in [6, 6.07) is 7.46. The number of benzene rings is 1. The molecule has 0 fully saturated rings. The van der Waals surface area contributed by atoms with Crippen molar-refractivity contribution in [2.75, 3.05) is 16.4 Å². The van der Waals surface area contributed by atoms with Crippen molar-refractivity contribution >= 4 is 45.5 Å². The van der Waals surface area contributed by atoms with Gasteiger partial charge in [0, 0.05) is 24.1 Å². The van der Waals surface area contributed by atoms with E-state index in [0.717, 1.165) is 32.2 Å². The third-order valence-electron chi connectivity index (χ3n) is 2.28. The van der Waals surface area contributed by atoms with E-state index in [-0.39, 0.29) is 5.91 Å². The van der Waals surface area contributed by atoms with Crippen LogP contribution in [0.15, 0.2) is 40.8 Å². The molecule has 0 unspecified atom stereocenters. The molecule has 2 rings (SSSR count). The number of carbonyl (C=O) groups excluding carboxylic acids is 1. The van der Waals surface area contributed by atoms with Gasteiger partial charge in [0.1, 0.15) is 0 Å². The van der Waals surface area contributed by atoms with Crippen molar-refractivity contribution in [1.82, 2.24) is 10.2 Å². The van der Waals surface area contributed by atoms with Gasteiger partial charge in [0.15, 0.2) is 4.34 Å². The highest BCUT2D eigenvalue weighted by Crippen LogP contribution is 2.29. The lowest BCUT2D eigenvalue weighted by Gasteiger charge is -2.05. The predicted molar refractivity (Wildman–Crippen MR) is 89.5 cm³/mol. The number of hydrogen-bond donors (Lipinski definition) is 2. The Bertz CT molecular complexity index is 654. The van der Waals surface area contributed by atoms with Crippen molar-refractivity contribution in [1.29, 1.82) is 0 Å². The minimum absolute atomic E-state index is 0.0958. The van der Waals surface area contributed by atoms with Gasteiger partial charge in [-0.05, 0) is 25.1 Å². The number of amides is 1. The minimum Gasteiger partial charge on any atom is -0.330 e. The molecular weight excluding hydrogens is 304 g/mol. The fraction of sp³-hybridized carbons (Fsp3) is 0.214. The Balaban J connectivity index is 2.01. The number of anilines is 3. The maximum absolute atomic E-state index is 11.1. The zero-order valence-electron chi connectivity index (χ0n) is 11.8. The molecule has 0 saturated heterocycles. The van der Waals surface area contributed by atoms with E-state index in [0.29, 0.717) is 0 Å². The third-order valence-corrected chi connectivity index (χ3v) is 4.49. The van der Waals surface area contributed by atoms with E-state index in [9.17, 15) is 4.79 Å². The highest BCUT2D eigenvalue weighted by atomic mass is 32.2. The summed E-state index contributed by atoms with van der Waals surface area (Å²) in [6.07, 6.45) is 0. The lowest BCUT2D eigenvalue weighted by molar-refractivity contribution is -0.114. The van der Waals surface area contributed by atoms with Gasteiger partial charge in [0.2, 0.25) is 11.0 Å². The average molecular weight is 320 g/mol. The summed E-state index contributed by atoms with van der Waals surface area (Å²) in [6.45, 7) is 7.33. The van der Waals surface area contributed by atoms with Crippen LogP contribution in [0.5, 0.6) is 0 Å². The fourth-order valence-electron chi connectivity index (χ4n) is 1.50. The summed E-state index contributed by atoms with van der Waals surface area (Å²) in [5.74, 6) is 0.744. The van der Waals surface area contributed by atoms with E-state index in [2.05, 4.69) is 27.4 Å². The third kappa shape index (κ3) is 5.20. The van der Waals surface area contributed by atoms with Crippen LogP contribution in [0.3, 0.4) is 0 Å². The van der Waals surface area contributed by atoms with Crippen molar-refractivity contribution in [3.05, 3.63) is 36.4 Å². The number of nitrogens with zero attached hydrogens (tertiary/aromatic N) is 2. The molecule has 2 N–H and O–H groups in total. The molecule has 0 saturated carbocycles. The van der Waals surface area contributed by atoms with Crippen molar-refractivity contribution in [3.8, 4) is 0 Å². The van der Waals surface area contributed by atoms with Gasteiger partial charge in [-0.25, -0.2) is 0 Å². The van der Waals surface area contributed by atoms with E-state index in [1.165, 1.54) is 18.3 Å². The maximum Gasteiger partial charge on any atom is 0.221 e. The first-order chi connectivity index (χ1) is 10.0. The predicted octanol–water partition coefficient (Wildman–Crippen LogP) is 3.91. The largest absolute Gasteiger partial charge is 0.330 e. The molecule has 1 aromatic carbocycles. The molecule has 0 bridgehead atoms. The zero-order valence-corrected chi connectivity index (χ0v) is 13.5. The van der Waals surface area contributed by atoms with Crippen LogP contribution >= 0.6 is 23.1 Å². The summed E-state index contributed by atoms with van der Waals surface area (Å²) in [5, 5.41) is 14.9. The lowest BCUT2D eigenvalue weighted by atomic mass is 10.3. The smallest absolute Gasteiger partial charge is 0.221 e. The Labute approximate surface area is 131 Å². The Morgan fingerprint density at radius 2 is 2.10 bits per heavy atom. The lowest BCUT2D eigenvalue weighted by Crippen LogP contribution is -2.05. The van der Waals surface area contributed by atoms with Crippen LogP contribution in [0.1, 0.15) is 13.8 Å². The van der Waals surface area contributed by atoms with Crippen molar-refractivity contribution in [3.63, 3.8) is 0 Å². The topological polar surface area (TPSA) is 66.9 Å². The van der Waals surface area contributed by atoms with E-state index in [1.807, 2.05) is 31.2 Å². The Morgan fingerprint density at radius 3 is 2.81 bits per heavy atom. The molecule has 5 nitrogen and oxygen atoms in total.